The van der Waals surface area contributed by atoms with Crippen molar-refractivity contribution in [3.8, 4) is 0 Å². The molecule has 1 aromatic carbocycles. The maximum absolute atomic E-state index is 6.93. The average molecular weight is 536 g/mol. The zero-order chi connectivity index (χ0) is 25.4. The Labute approximate surface area is 229 Å². The fraction of sp³-hybridized carbons (Fsp3) is 0.448. The molecule has 3 fully saturated rings. The van der Waals surface area contributed by atoms with Gasteiger partial charge in [-0.05, 0) is 86.3 Å². The van der Waals surface area contributed by atoms with Gasteiger partial charge in [0.1, 0.15) is 6.04 Å². The summed E-state index contributed by atoms with van der Waals surface area (Å²) in [5.74, 6) is 0.775. The first-order valence-electron chi connectivity index (χ1n) is 13.4. The molecule has 0 unspecified atom stereocenters. The molecule has 0 saturated carbocycles. The predicted molar refractivity (Wildman–Crippen MR) is 153 cm³/mol. The summed E-state index contributed by atoms with van der Waals surface area (Å²) >= 11 is 12.9. The summed E-state index contributed by atoms with van der Waals surface area (Å²) in [7, 11) is 0. The lowest BCUT2D eigenvalue weighted by molar-refractivity contribution is 0.0961. The number of thiocarbonyl (C=S) groups is 1. The minimum absolute atomic E-state index is 0.0726. The van der Waals surface area contributed by atoms with Crippen LogP contribution in [0.15, 0.2) is 60.9 Å². The van der Waals surface area contributed by atoms with E-state index in [-0.39, 0.29) is 18.2 Å². The highest BCUT2D eigenvalue weighted by Gasteiger charge is 2.42. The van der Waals surface area contributed by atoms with Crippen molar-refractivity contribution in [1.29, 1.82) is 0 Å². The lowest BCUT2D eigenvalue weighted by Gasteiger charge is -2.34. The molecular formula is C29H34ClN5OS. The molecule has 3 aliphatic rings. The van der Waals surface area contributed by atoms with Gasteiger partial charge >= 0.3 is 0 Å². The standard InChI is InChI=1S/C29H34ClN5OS/c1-20-11-15-33(16-12-20)25-10-9-21(18-23(25)30)35-28(27(32-29(35)37)24-7-2-3-13-31-24)26-8-4-14-34(26)19-22-6-5-17-36-22/h2-4,7-10,13-14,18,20,22,27-28H,5-6,11-12,15-17,19H2,1H3,(H,32,37)/t22-,27+,28-/m0/s1. The zero-order valence-corrected chi connectivity index (χ0v) is 22.8. The Morgan fingerprint density at radius 1 is 1.11 bits per heavy atom. The molecule has 37 heavy (non-hydrogen) atoms. The van der Waals surface area contributed by atoms with Crippen LogP contribution in [0, 0.1) is 5.92 Å². The fourth-order valence-corrected chi connectivity index (χ4v) is 6.60. The first-order chi connectivity index (χ1) is 18.1. The molecule has 8 heteroatoms. The second-order valence-corrected chi connectivity index (χ2v) is 11.3. The van der Waals surface area contributed by atoms with Crippen LogP contribution in [-0.2, 0) is 11.3 Å². The van der Waals surface area contributed by atoms with E-state index >= 15 is 0 Å². The lowest BCUT2D eigenvalue weighted by atomic mass is 9.98. The van der Waals surface area contributed by atoms with Gasteiger partial charge in [0.25, 0.3) is 0 Å². The molecule has 5 heterocycles. The van der Waals surface area contributed by atoms with E-state index in [4.69, 9.17) is 33.5 Å². The summed E-state index contributed by atoms with van der Waals surface area (Å²) in [6.07, 6.45) is 8.87. The third-order valence-electron chi connectivity index (χ3n) is 8.02. The number of nitrogens with zero attached hydrogens (tertiary/aromatic N) is 4. The first-order valence-corrected chi connectivity index (χ1v) is 14.2. The Hall–Kier alpha value is -2.61. The number of rotatable bonds is 6. The topological polar surface area (TPSA) is 45.6 Å². The van der Waals surface area contributed by atoms with Gasteiger partial charge in [0.15, 0.2) is 5.11 Å². The molecular weight excluding hydrogens is 502 g/mol. The number of anilines is 2. The highest BCUT2D eigenvalue weighted by atomic mass is 35.5. The number of ether oxygens (including phenoxy) is 1. The first kappa shape index (κ1) is 24.7. The molecule has 0 radical (unpaired) electrons. The Balaban J connectivity index is 1.36. The second kappa shape index (κ2) is 10.6. The number of piperidine rings is 1. The van der Waals surface area contributed by atoms with E-state index in [0.717, 1.165) is 67.1 Å². The summed E-state index contributed by atoms with van der Waals surface area (Å²) in [5.41, 5.74) is 4.25. The Morgan fingerprint density at radius 3 is 2.70 bits per heavy atom. The van der Waals surface area contributed by atoms with Crippen LogP contribution in [0.2, 0.25) is 5.02 Å². The minimum atomic E-state index is -0.0890. The quantitative estimate of drug-likeness (QED) is 0.383. The van der Waals surface area contributed by atoms with Gasteiger partial charge in [-0.3, -0.25) is 4.98 Å². The van der Waals surface area contributed by atoms with Crippen molar-refractivity contribution in [3.05, 3.63) is 77.3 Å². The molecule has 3 aromatic rings. The van der Waals surface area contributed by atoms with Crippen molar-refractivity contribution >= 4 is 40.3 Å². The van der Waals surface area contributed by atoms with Crippen LogP contribution >= 0.6 is 23.8 Å². The van der Waals surface area contributed by atoms with E-state index in [9.17, 15) is 0 Å². The predicted octanol–water partition coefficient (Wildman–Crippen LogP) is 6.13. The van der Waals surface area contributed by atoms with Gasteiger partial charge in [-0.1, -0.05) is 24.6 Å². The number of benzene rings is 1. The molecule has 194 valence electrons. The van der Waals surface area contributed by atoms with Crippen molar-refractivity contribution in [1.82, 2.24) is 14.9 Å². The molecule has 0 aliphatic carbocycles. The van der Waals surface area contributed by atoms with Gasteiger partial charge in [-0.15, -0.1) is 0 Å². The number of aromatic nitrogens is 2. The number of hydrogen-bond donors (Lipinski definition) is 1. The maximum atomic E-state index is 6.93. The van der Waals surface area contributed by atoms with Crippen molar-refractivity contribution in [2.24, 2.45) is 5.92 Å². The third kappa shape index (κ3) is 4.97. The second-order valence-electron chi connectivity index (χ2n) is 10.5. The Kier molecular flexibility index (Phi) is 7.10. The molecule has 0 bridgehead atoms. The summed E-state index contributed by atoms with van der Waals surface area (Å²) in [5, 5.41) is 5.03. The average Bonchev–Trinajstić information content (AvgIpc) is 3.66. The van der Waals surface area contributed by atoms with E-state index in [2.05, 4.69) is 69.2 Å². The summed E-state index contributed by atoms with van der Waals surface area (Å²) < 4.78 is 8.29. The highest BCUT2D eigenvalue weighted by Crippen LogP contribution is 2.43. The molecule has 6 rings (SSSR count). The third-order valence-corrected chi connectivity index (χ3v) is 8.64. The summed E-state index contributed by atoms with van der Waals surface area (Å²) in [6.45, 7) is 6.10. The van der Waals surface area contributed by atoms with Crippen molar-refractivity contribution in [3.63, 3.8) is 0 Å². The highest BCUT2D eigenvalue weighted by molar-refractivity contribution is 7.80. The number of halogens is 1. The maximum Gasteiger partial charge on any atom is 0.174 e. The van der Waals surface area contributed by atoms with Crippen LogP contribution in [0.4, 0.5) is 11.4 Å². The van der Waals surface area contributed by atoms with E-state index < -0.39 is 0 Å². The van der Waals surface area contributed by atoms with Crippen LogP contribution < -0.4 is 15.1 Å². The van der Waals surface area contributed by atoms with Crippen LogP contribution in [0.1, 0.15) is 56.1 Å². The van der Waals surface area contributed by atoms with E-state index in [1.54, 1.807) is 0 Å². The van der Waals surface area contributed by atoms with E-state index in [0.29, 0.717) is 5.11 Å². The van der Waals surface area contributed by atoms with Crippen molar-refractivity contribution in [2.75, 3.05) is 29.5 Å². The van der Waals surface area contributed by atoms with Gasteiger partial charge in [0, 0.05) is 50.0 Å². The number of pyridine rings is 1. The molecule has 1 N–H and O–H groups in total. The van der Waals surface area contributed by atoms with Crippen LogP contribution in [0.5, 0.6) is 0 Å². The molecule has 3 atom stereocenters. The summed E-state index contributed by atoms with van der Waals surface area (Å²) in [4.78, 5) is 9.32. The summed E-state index contributed by atoms with van der Waals surface area (Å²) in [6, 6.07) is 16.6. The lowest BCUT2D eigenvalue weighted by Crippen LogP contribution is -2.33. The SMILES string of the molecule is CC1CCN(c2ccc(N3C(=S)N[C@H](c4ccccn4)[C@@H]3c3cccn3C[C@@H]3CCCO3)cc2Cl)CC1. The van der Waals surface area contributed by atoms with Crippen LogP contribution in [0.3, 0.4) is 0 Å². The van der Waals surface area contributed by atoms with Crippen molar-refractivity contribution in [2.45, 2.75) is 57.3 Å². The fourth-order valence-electron chi connectivity index (χ4n) is 5.95. The molecule has 6 nitrogen and oxygen atoms in total. The smallest absolute Gasteiger partial charge is 0.174 e. The van der Waals surface area contributed by atoms with E-state index in [1.165, 1.54) is 18.5 Å². The largest absolute Gasteiger partial charge is 0.376 e. The van der Waals surface area contributed by atoms with Crippen LogP contribution in [0.25, 0.3) is 0 Å². The molecule has 3 saturated heterocycles. The monoisotopic (exact) mass is 535 g/mol. The number of hydrogen-bond acceptors (Lipinski definition) is 4. The van der Waals surface area contributed by atoms with E-state index in [1.807, 2.05) is 18.3 Å². The van der Waals surface area contributed by atoms with Gasteiger partial charge < -0.3 is 24.4 Å². The molecule has 2 aromatic heterocycles. The molecule has 3 aliphatic heterocycles. The van der Waals surface area contributed by atoms with Crippen molar-refractivity contribution < 1.29 is 4.74 Å². The Bertz CT molecular complexity index is 1240. The van der Waals surface area contributed by atoms with Gasteiger partial charge in [-0.25, -0.2) is 0 Å². The normalized spacial score (nSPS) is 24.6. The van der Waals surface area contributed by atoms with Gasteiger partial charge in [0.05, 0.1) is 28.5 Å². The van der Waals surface area contributed by atoms with Gasteiger partial charge in [-0.2, -0.15) is 0 Å². The minimum Gasteiger partial charge on any atom is -0.376 e. The van der Waals surface area contributed by atoms with Gasteiger partial charge in [0.2, 0.25) is 0 Å². The van der Waals surface area contributed by atoms with Crippen LogP contribution in [-0.4, -0.2) is 40.5 Å². The molecule has 0 spiro atoms. The number of nitrogens with one attached hydrogen (secondary N) is 1. The Morgan fingerprint density at radius 2 is 1.97 bits per heavy atom. The molecule has 0 amide bonds. The zero-order valence-electron chi connectivity index (χ0n) is 21.2.